The molecular formula is C15H15FN4O6S. The minimum atomic E-state index is -4.53. The number of nitrogens with zero attached hydrogens (tertiary/aromatic N) is 3. The molecular weight excluding hydrogens is 383 g/mol. The zero-order valence-corrected chi connectivity index (χ0v) is 14.6. The summed E-state index contributed by atoms with van der Waals surface area (Å²) >= 11 is 0. The molecule has 2 heterocycles. The van der Waals surface area contributed by atoms with Gasteiger partial charge in [-0.15, -0.1) is 0 Å². The fourth-order valence-electron chi connectivity index (χ4n) is 2.64. The van der Waals surface area contributed by atoms with Crippen LogP contribution in [0, 0.1) is 5.82 Å². The van der Waals surface area contributed by atoms with Gasteiger partial charge in [-0.05, 0) is 18.9 Å². The van der Waals surface area contributed by atoms with Gasteiger partial charge in [0, 0.05) is 25.0 Å². The quantitative estimate of drug-likeness (QED) is 0.338. The van der Waals surface area contributed by atoms with Crippen molar-refractivity contribution in [3.63, 3.8) is 0 Å². The van der Waals surface area contributed by atoms with Crippen LogP contribution in [0.5, 0.6) is 0 Å². The van der Waals surface area contributed by atoms with Crippen molar-refractivity contribution in [3.8, 4) is 5.69 Å². The van der Waals surface area contributed by atoms with Crippen LogP contribution in [0.4, 0.5) is 4.39 Å². The molecule has 0 spiro atoms. The van der Waals surface area contributed by atoms with Gasteiger partial charge in [0.1, 0.15) is 5.82 Å². The molecule has 0 aliphatic heterocycles. The van der Waals surface area contributed by atoms with Crippen molar-refractivity contribution in [2.45, 2.75) is 19.4 Å². The van der Waals surface area contributed by atoms with Crippen molar-refractivity contribution in [2.24, 2.45) is 0 Å². The van der Waals surface area contributed by atoms with E-state index in [9.17, 15) is 22.4 Å². The lowest BCUT2D eigenvalue weighted by atomic mass is 10.2. The number of halogens is 1. The third-order valence-electron chi connectivity index (χ3n) is 3.83. The van der Waals surface area contributed by atoms with Gasteiger partial charge in [-0.2, -0.15) is 8.42 Å². The van der Waals surface area contributed by atoms with E-state index < -0.39 is 27.3 Å². The molecule has 1 aromatic carbocycles. The van der Waals surface area contributed by atoms with E-state index in [1.807, 2.05) is 0 Å². The molecule has 2 aromatic heterocycles. The van der Waals surface area contributed by atoms with E-state index >= 15 is 0 Å². The van der Waals surface area contributed by atoms with Crippen molar-refractivity contribution in [1.82, 2.24) is 19.1 Å². The first kappa shape index (κ1) is 18.9. The van der Waals surface area contributed by atoms with Gasteiger partial charge >= 0.3 is 21.5 Å². The van der Waals surface area contributed by atoms with Crippen LogP contribution in [-0.2, 0) is 21.1 Å². The highest BCUT2D eigenvalue weighted by atomic mass is 32.3. The van der Waals surface area contributed by atoms with Crippen LogP contribution in [0.2, 0.25) is 0 Å². The summed E-state index contributed by atoms with van der Waals surface area (Å²) in [5.74, 6) is -0.608. The van der Waals surface area contributed by atoms with E-state index in [1.54, 1.807) is 0 Å². The van der Waals surface area contributed by atoms with Crippen LogP contribution < -0.4 is 11.1 Å². The van der Waals surface area contributed by atoms with Crippen molar-refractivity contribution >= 4 is 21.4 Å². The van der Waals surface area contributed by atoms with E-state index in [1.165, 1.54) is 33.9 Å². The Kier molecular flexibility index (Phi) is 5.21. The number of aromatic amines is 1. The number of aromatic nitrogens is 4. The predicted molar refractivity (Wildman–Crippen MR) is 92.6 cm³/mol. The number of nitrogens with one attached hydrogen (secondary N) is 1. The van der Waals surface area contributed by atoms with Gasteiger partial charge in [-0.3, -0.25) is 14.1 Å². The lowest BCUT2D eigenvalue weighted by molar-refractivity contribution is 0.260. The van der Waals surface area contributed by atoms with E-state index in [2.05, 4.69) is 14.2 Å². The SMILES string of the molecule is O=c1[nH]c2cc(F)c(-n3ccnc3)cc2n(CCCCOS(=O)(=O)O)c1=O. The van der Waals surface area contributed by atoms with Crippen LogP contribution in [0.1, 0.15) is 12.8 Å². The largest absolute Gasteiger partial charge is 0.397 e. The van der Waals surface area contributed by atoms with Gasteiger partial charge in [0.15, 0.2) is 0 Å². The van der Waals surface area contributed by atoms with E-state index in [0.717, 1.165) is 6.07 Å². The summed E-state index contributed by atoms with van der Waals surface area (Å²) in [6.45, 7) is -0.202. The molecule has 12 heteroatoms. The standard InChI is InChI=1S/C15H15FN4O6S/c16-10-7-11-13(8-12(10)19-5-3-17-9-19)20(15(22)14(21)18-11)4-1-2-6-26-27(23,24)25/h3,5,7-9H,1-2,4,6H2,(H,18,21)(H,23,24,25). The lowest BCUT2D eigenvalue weighted by Gasteiger charge is -2.12. The number of H-pyrrole nitrogens is 1. The van der Waals surface area contributed by atoms with Crippen molar-refractivity contribution < 1.29 is 21.5 Å². The lowest BCUT2D eigenvalue weighted by Crippen LogP contribution is -2.36. The first-order chi connectivity index (χ1) is 12.8. The monoisotopic (exact) mass is 398 g/mol. The highest BCUT2D eigenvalue weighted by Crippen LogP contribution is 2.19. The molecule has 0 fully saturated rings. The minimum absolute atomic E-state index is 0.0725. The second-order valence-electron chi connectivity index (χ2n) is 5.66. The Bertz CT molecular complexity index is 1180. The number of imidazole rings is 1. The van der Waals surface area contributed by atoms with Gasteiger partial charge in [0.25, 0.3) is 0 Å². The Balaban J connectivity index is 1.95. The van der Waals surface area contributed by atoms with Crippen LogP contribution in [0.3, 0.4) is 0 Å². The van der Waals surface area contributed by atoms with E-state index in [4.69, 9.17) is 4.55 Å². The molecule has 0 radical (unpaired) electrons. The van der Waals surface area contributed by atoms with Crippen LogP contribution in [0.25, 0.3) is 16.7 Å². The normalized spacial score (nSPS) is 11.9. The van der Waals surface area contributed by atoms with Gasteiger partial charge in [-0.1, -0.05) is 0 Å². The molecule has 144 valence electrons. The maximum absolute atomic E-state index is 14.4. The number of rotatable bonds is 7. The summed E-state index contributed by atoms with van der Waals surface area (Å²) in [6, 6.07) is 2.53. The average molecular weight is 398 g/mol. The maximum atomic E-state index is 14.4. The van der Waals surface area contributed by atoms with Gasteiger partial charge in [-0.25, -0.2) is 13.6 Å². The first-order valence-electron chi connectivity index (χ1n) is 7.83. The summed E-state index contributed by atoms with van der Waals surface area (Å²) in [7, 11) is -4.53. The number of fused-ring (bicyclic) bond motifs is 1. The Morgan fingerprint density at radius 1 is 1.26 bits per heavy atom. The van der Waals surface area contributed by atoms with Crippen molar-refractivity contribution in [3.05, 3.63) is 57.4 Å². The van der Waals surface area contributed by atoms with Crippen LogP contribution >= 0.6 is 0 Å². The highest BCUT2D eigenvalue weighted by Gasteiger charge is 2.13. The summed E-state index contributed by atoms with van der Waals surface area (Å²) in [5.41, 5.74) is -1.11. The molecule has 2 N–H and O–H groups in total. The predicted octanol–water partition coefficient (Wildman–Crippen LogP) is 0.614. The first-order valence-corrected chi connectivity index (χ1v) is 9.19. The molecule has 10 nitrogen and oxygen atoms in total. The Labute approximate surface area is 151 Å². The topological polar surface area (TPSA) is 136 Å². The smallest absolute Gasteiger partial charge is 0.316 e. The zero-order valence-electron chi connectivity index (χ0n) is 13.8. The molecule has 3 aromatic rings. The molecule has 0 unspecified atom stereocenters. The molecule has 3 rings (SSSR count). The third-order valence-corrected chi connectivity index (χ3v) is 4.30. The number of hydrogen-bond donors (Lipinski definition) is 2. The Hall–Kier alpha value is -2.83. The number of aryl methyl sites for hydroxylation is 1. The number of hydrogen-bond acceptors (Lipinski definition) is 6. The molecule has 0 bridgehead atoms. The molecule has 0 aliphatic rings. The van der Waals surface area contributed by atoms with Crippen LogP contribution in [0.15, 0.2) is 40.4 Å². The molecule has 0 aliphatic carbocycles. The second kappa shape index (κ2) is 7.42. The molecule has 0 saturated carbocycles. The molecule has 0 saturated heterocycles. The second-order valence-corrected chi connectivity index (χ2v) is 6.75. The van der Waals surface area contributed by atoms with E-state index in [0.29, 0.717) is 5.52 Å². The fourth-order valence-corrected chi connectivity index (χ4v) is 2.97. The van der Waals surface area contributed by atoms with E-state index in [-0.39, 0.29) is 37.2 Å². The maximum Gasteiger partial charge on any atom is 0.397 e. The van der Waals surface area contributed by atoms with Gasteiger partial charge in [0.2, 0.25) is 0 Å². The molecule has 0 atom stereocenters. The Morgan fingerprint density at radius 3 is 2.70 bits per heavy atom. The van der Waals surface area contributed by atoms with Crippen LogP contribution in [-0.4, -0.2) is 38.7 Å². The third kappa shape index (κ3) is 4.30. The summed E-state index contributed by atoms with van der Waals surface area (Å²) in [5, 5.41) is 0. The van der Waals surface area contributed by atoms with Crippen molar-refractivity contribution in [2.75, 3.05) is 6.61 Å². The molecule has 27 heavy (non-hydrogen) atoms. The highest BCUT2D eigenvalue weighted by molar-refractivity contribution is 7.80. The average Bonchev–Trinajstić information content (AvgIpc) is 3.10. The fraction of sp³-hybridized carbons (Fsp3) is 0.267. The number of benzene rings is 1. The molecule has 0 amide bonds. The summed E-state index contributed by atoms with van der Waals surface area (Å²) in [6.07, 6.45) is 4.89. The van der Waals surface area contributed by atoms with Crippen molar-refractivity contribution in [1.29, 1.82) is 0 Å². The number of unbranched alkanes of at least 4 members (excludes halogenated alkanes) is 1. The minimum Gasteiger partial charge on any atom is -0.316 e. The van der Waals surface area contributed by atoms with Gasteiger partial charge in [0.05, 0.1) is 29.7 Å². The summed E-state index contributed by atoms with van der Waals surface area (Å²) in [4.78, 5) is 30.3. The summed E-state index contributed by atoms with van der Waals surface area (Å²) < 4.78 is 50.7. The Morgan fingerprint density at radius 2 is 2.04 bits per heavy atom. The zero-order chi connectivity index (χ0) is 19.6. The van der Waals surface area contributed by atoms with Gasteiger partial charge < -0.3 is 14.1 Å².